The monoisotopic (exact) mass is 483 g/mol. The molecule has 0 bridgehead atoms. The minimum absolute atomic E-state index is 0.0914. The Hall–Kier alpha value is -3.55. The Kier molecular flexibility index (Phi) is 6.53. The largest absolute Gasteiger partial charge is 0.497 e. The number of carbonyl (C=O) groups is 1. The minimum atomic E-state index is -0.472. The van der Waals surface area contributed by atoms with E-state index in [1.807, 2.05) is 0 Å². The highest BCUT2D eigenvalue weighted by Gasteiger charge is 2.20. The van der Waals surface area contributed by atoms with Crippen molar-refractivity contribution >= 4 is 40.0 Å². The second kappa shape index (κ2) is 9.52. The van der Waals surface area contributed by atoms with Crippen molar-refractivity contribution in [2.45, 2.75) is 6.54 Å². The number of nitrogens with one attached hydrogen (secondary N) is 2. The van der Waals surface area contributed by atoms with E-state index in [0.717, 1.165) is 5.56 Å². The topological polar surface area (TPSA) is 93.3 Å². The van der Waals surface area contributed by atoms with Crippen LogP contribution in [0, 0.1) is 0 Å². The van der Waals surface area contributed by atoms with Gasteiger partial charge < -0.3 is 19.8 Å². The number of ether oxygens (including phenoxy) is 2. The Labute approximate surface area is 199 Å². The Morgan fingerprint density at radius 2 is 1.76 bits per heavy atom. The molecule has 0 unspecified atom stereocenters. The minimum Gasteiger partial charge on any atom is -0.497 e. The molecule has 0 aliphatic heterocycles. The predicted molar refractivity (Wildman–Crippen MR) is 129 cm³/mol. The molecule has 0 spiro atoms. The van der Waals surface area contributed by atoms with Gasteiger partial charge in [0.1, 0.15) is 22.7 Å². The third kappa shape index (κ3) is 4.65. The van der Waals surface area contributed by atoms with Crippen LogP contribution in [0.4, 0.5) is 0 Å². The number of H-pyrrole nitrogens is 1. The lowest BCUT2D eigenvalue weighted by molar-refractivity contribution is 0.0946. The molecule has 4 rings (SSSR count). The first-order chi connectivity index (χ1) is 15.9. The molecule has 0 radical (unpaired) electrons. The highest BCUT2D eigenvalue weighted by atomic mass is 35.5. The van der Waals surface area contributed by atoms with Crippen LogP contribution in [0.5, 0.6) is 11.5 Å². The maximum Gasteiger partial charge on any atom is 0.275 e. The van der Waals surface area contributed by atoms with Gasteiger partial charge in [0.25, 0.3) is 11.5 Å². The van der Waals surface area contributed by atoms with Crippen molar-refractivity contribution in [2.24, 2.45) is 0 Å². The van der Waals surface area contributed by atoms with Gasteiger partial charge >= 0.3 is 0 Å². The van der Waals surface area contributed by atoms with Crippen LogP contribution in [0.25, 0.3) is 22.0 Å². The van der Waals surface area contributed by atoms with Crippen molar-refractivity contribution in [1.82, 2.24) is 15.3 Å². The number of nitrogens with zero attached hydrogens (tertiary/aromatic N) is 1. The summed E-state index contributed by atoms with van der Waals surface area (Å²) in [6.45, 7) is 0.181. The number of methoxy groups -OCH3 is 2. The number of halogens is 2. The van der Waals surface area contributed by atoms with Crippen LogP contribution in [-0.2, 0) is 6.54 Å². The Morgan fingerprint density at radius 1 is 1.03 bits per heavy atom. The molecule has 33 heavy (non-hydrogen) atoms. The van der Waals surface area contributed by atoms with Crippen LogP contribution in [0.2, 0.25) is 10.0 Å². The summed E-state index contributed by atoms with van der Waals surface area (Å²) in [5, 5.41) is 4.07. The van der Waals surface area contributed by atoms with E-state index in [1.165, 1.54) is 6.20 Å². The van der Waals surface area contributed by atoms with Crippen molar-refractivity contribution in [3.63, 3.8) is 0 Å². The van der Waals surface area contributed by atoms with Gasteiger partial charge in [-0.05, 0) is 41.5 Å². The van der Waals surface area contributed by atoms with Crippen molar-refractivity contribution in [3.05, 3.63) is 86.4 Å². The summed E-state index contributed by atoms with van der Waals surface area (Å²) in [4.78, 5) is 32.8. The van der Waals surface area contributed by atoms with Gasteiger partial charge in [-0.1, -0.05) is 35.3 Å². The van der Waals surface area contributed by atoms with E-state index in [0.29, 0.717) is 38.1 Å². The van der Waals surface area contributed by atoms with Crippen molar-refractivity contribution in [3.8, 4) is 22.6 Å². The molecule has 0 aliphatic rings. The zero-order valence-electron chi connectivity index (χ0n) is 17.7. The molecule has 2 aromatic heterocycles. The van der Waals surface area contributed by atoms with Crippen molar-refractivity contribution < 1.29 is 14.3 Å². The van der Waals surface area contributed by atoms with Crippen LogP contribution < -0.4 is 20.3 Å². The van der Waals surface area contributed by atoms with Crippen LogP contribution >= 0.6 is 23.2 Å². The number of pyridine rings is 2. The number of hydrogen-bond donors (Lipinski definition) is 2. The number of rotatable bonds is 6. The standard InChI is InChI=1S/C24H19Cl2N3O4/c1-32-15-8-13(9-16(11-15)33-2)12-28-23(30)22-20(14-5-6-18(25)19(26)10-14)17-4-3-7-27-21(17)24(31)29-22/h3-11H,12H2,1-2H3,(H,28,30)(H,29,31). The van der Waals surface area contributed by atoms with E-state index in [-0.39, 0.29) is 17.8 Å². The van der Waals surface area contributed by atoms with E-state index in [1.54, 1.807) is 62.8 Å². The van der Waals surface area contributed by atoms with Gasteiger partial charge in [-0.15, -0.1) is 0 Å². The molecule has 2 heterocycles. The van der Waals surface area contributed by atoms with Gasteiger partial charge in [0.2, 0.25) is 0 Å². The molecule has 168 valence electrons. The number of aromatic amines is 1. The first-order valence-corrected chi connectivity index (χ1v) is 10.6. The molecule has 0 atom stereocenters. The summed E-state index contributed by atoms with van der Waals surface area (Å²) in [6.07, 6.45) is 1.52. The number of carbonyl (C=O) groups excluding carboxylic acids is 1. The SMILES string of the molecule is COc1cc(CNC(=O)c2[nH]c(=O)c3ncccc3c2-c2ccc(Cl)c(Cl)c2)cc(OC)c1. The summed E-state index contributed by atoms with van der Waals surface area (Å²) < 4.78 is 10.6. The summed E-state index contributed by atoms with van der Waals surface area (Å²) in [6, 6.07) is 13.8. The highest BCUT2D eigenvalue weighted by Crippen LogP contribution is 2.33. The Bertz CT molecular complexity index is 1400. The van der Waals surface area contributed by atoms with Crippen molar-refractivity contribution in [2.75, 3.05) is 14.2 Å². The number of hydrogen-bond acceptors (Lipinski definition) is 5. The summed E-state index contributed by atoms with van der Waals surface area (Å²) in [7, 11) is 3.10. The molecule has 0 saturated carbocycles. The molecule has 0 fully saturated rings. The lowest BCUT2D eigenvalue weighted by atomic mass is 9.98. The number of aromatic nitrogens is 2. The molecule has 4 aromatic rings. The van der Waals surface area contributed by atoms with E-state index >= 15 is 0 Å². The molecule has 9 heteroatoms. The zero-order chi connectivity index (χ0) is 23.5. The van der Waals surface area contributed by atoms with Crippen LogP contribution in [0.15, 0.2) is 59.5 Å². The van der Waals surface area contributed by atoms with Crippen molar-refractivity contribution in [1.29, 1.82) is 0 Å². The highest BCUT2D eigenvalue weighted by molar-refractivity contribution is 6.42. The number of fused-ring (bicyclic) bond motifs is 1. The average Bonchev–Trinajstić information content (AvgIpc) is 2.84. The quantitative estimate of drug-likeness (QED) is 0.409. The number of amides is 1. The normalized spacial score (nSPS) is 10.8. The molecular formula is C24H19Cl2N3O4. The third-order valence-corrected chi connectivity index (χ3v) is 5.82. The fourth-order valence-corrected chi connectivity index (χ4v) is 3.82. The molecule has 1 amide bonds. The second-order valence-corrected chi connectivity index (χ2v) is 7.95. The first-order valence-electron chi connectivity index (χ1n) is 9.88. The lowest BCUT2D eigenvalue weighted by Crippen LogP contribution is -2.27. The van der Waals surface area contributed by atoms with Crippen LogP contribution in [0.1, 0.15) is 16.1 Å². The Balaban J connectivity index is 1.78. The predicted octanol–water partition coefficient (Wildman–Crippen LogP) is 4.84. The molecule has 0 saturated heterocycles. The molecule has 0 aliphatic carbocycles. The maximum absolute atomic E-state index is 13.2. The van der Waals surface area contributed by atoms with Gasteiger partial charge in [-0.2, -0.15) is 0 Å². The molecule has 2 N–H and O–H groups in total. The molecular weight excluding hydrogens is 465 g/mol. The average molecular weight is 484 g/mol. The van der Waals surface area contributed by atoms with Gasteiger partial charge in [0.05, 0.1) is 24.3 Å². The van der Waals surface area contributed by atoms with E-state index in [2.05, 4.69) is 15.3 Å². The lowest BCUT2D eigenvalue weighted by Gasteiger charge is -2.14. The van der Waals surface area contributed by atoms with E-state index < -0.39 is 11.5 Å². The van der Waals surface area contributed by atoms with Gasteiger partial charge in [0, 0.05) is 29.8 Å². The van der Waals surface area contributed by atoms with E-state index in [4.69, 9.17) is 32.7 Å². The third-order valence-electron chi connectivity index (χ3n) is 5.08. The first kappa shape index (κ1) is 22.6. The Morgan fingerprint density at radius 3 is 2.42 bits per heavy atom. The second-order valence-electron chi connectivity index (χ2n) is 7.14. The van der Waals surface area contributed by atoms with Crippen LogP contribution in [-0.4, -0.2) is 30.1 Å². The van der Waals surface area contributed by atoms with E-state index in [9.17, 15) is 9.59 Å². The van der Waals surface area contributed by atoms with Gasteiger partial charge in [0.15, 0.2) is 0 Å². The maximum atomic E-state index is 13.2. The summed E-state index contributed by atoms with van der Waals surface area (Å²) >= 11 is 12.3. The van der Waals surface area contributed by atoms with Gasteiger partial charge in [-0.3, -0.25) is 14.6 Å². The molecule has 2 aromatic carbocycles. The smallest absolute Gasteiger partial charge is 0.275 e. The fourth-order valence-electron chi connectivity index (χ4n) is 3.52. The fraction of sp³-hybridized carbons (Fsp3) is 0.125. The van der Waals surface area contributed by atoms with Crippen LogP contribution in [0.3, 0.4) is 0 Å². The van der Waals surface area contributed by atoms with Gasteiger partial charge in [-0.25, -0.2) is 0 Å². The number of benzene rings is 2. The summed E-state index contributed by atoms with van der Waals surface area (Å²) in [5.74, 6) is 0.723. The summed E-state index contributed by atoms with van der Waals surface area (Å²) in [5.41, 5.74) is 1.72. The molecule has 7 nitrogen and oxygen atoms in total. The zero-order valence-corrected chi connectivity index (χ0v) is 19.3.